The third-order valence-corrected chi connectivity index (χ3v) is 4.41. The van der Waals surface area contributed by atoms with E-state index in [1.807, 2.05) is 0 Å². The van der Waals surface area contributed by atoms with E-state index in [-0.39, 0.29) is 39.6 Å². The summed E-state index contributed by atoms with van der Waals surface area (Å²) in [7, 11) is 0. The molecule has 0 fully saturated rings. The molecule has 0 bridgehead atoms. The Kier molecular flexibility index (Phi) is 5.03. The molecule has 1 aromatic carbocycles. The van der Waals surface area contributed by atoms with Gasteiger partial charge in [0.05, 0.1) is 35.1 Å². The van der Waals surface area contributed by atoms with Crippen LogP contribution >= 0.6 is 23.2 Å². The van der Waals surface area contributed by atoms with E-state index < -0.39 is 28.1 Å². The summed E-state index contributed by atoms with van der Waals surface area (Å²) in [6.07, 6.45) is 2.38. The van der Waals surface area contributed by atoms with E-state index in [1.165, 1.54) is 16.8 Å². The zero-order chi connectivity index (χ0) is 19.9. The van der Waals surface area contributed by atoms with Gasteiger partial charge in [0, 0.05) is 6.20 Å². The van der Waals surface area contributed by atoms with Crippen molar-refractivity contribution < 1.29 is 18.3 Å². The van der Waals surface area contributed by atoms with Crippen LogP contribution in [0.25, 0.3) is 16.6 Å². The normalized spacial score (nSPS) is 11.0. The molecule has 0 radical (unpaired) electrons. The summed E-state index contributed by atoms with van der Waals surface area (Å²) in [5.74, 6) is -3.59. The first kappa shape index (κ1) is 19.1. The third-order valence-electron chi connectivity index (χ3n) is 3.75. The Labute approximate surface area is 161 Å². The van der Waals surface area contributed by atoms with Gasteiger partial charge in [-0.25, -0.2) is 18.6 Å². The number of esters is 1. The van der Waals surface area contributed by atoms with Crippen molar-refractivity contribution in [3.05, 3.63) is 62.1 Å². The van der Waals surface area contributed by atoms with Crippen molar-refractivity contribution in [2.75, 3.05) is 12.3 Å². The zero-order valence-electron chi connectivity index (χ0n) is 13.7. The molecule has 0 saturated carbocycles. The highest BCUT2D eigenvalue weighted by atomic mass is 35.5. The predicted octanol–water partition coefficient (Wildman–Crippen LogP) is 3.73. The second-order valence-corrected chi connectivity index (χ2v) is 6.15. The molecular weight excluding hydrogens is 403 g/mol. The summed E-state index contributed by atoms with van der Waals surface area (Å²) < 4.78 is 33.9. The van der Waals surface area contributed by atoms with Gasteiger partial charge in [-0.05, 0) is 19.1 Å². The molecule has 2 heterocycles. The van der Waals surface area contributed by atoms with Gasteiger partial charge in [0.1, 0.15) is 10.6 Å². The number of ether oxygens (including phenoxy) is 1. The van der Waals surface area contributed by atoms with Crippen molar-refractivity contribution in [2.45, 2.75) is 6.92 Å². The minimum atomic E-state index is -1.34. The molecule has 0 aliphatic carbocycles. The van der Waals surface area contributed by atoms with Crippen LogP contribution in [0.5, 0.6) is 0 Å². The van der Waals surface area contributed by atoms with Crippen LogP contribution in [0.3, 0.4) is 0 Å². The number of nitrogens with zero attached hydrogens (tertiary/aromatic N) is 2. The number of halogens is 4. The van der Waals surface area contributed by atoms with Crippen LogP contribution in [0.4, 0.5) is 14.5 Å². The molecule has 140 valence electrons. The maximum absolute atomic E-state index is 14.0. The van der Waals surface area contributed by atoms with Gasteiger partial charge in [0.2, 0.25) is 5.43 Å². The van der Waals surface area contributed by atoms with Gasteiger partial charge in [-0.3, -0.25) is 4.79 Å². The Morgan fingerprint density at radius 1 is 1.33 bits per heavy atom. The molecule has 10 heteroatoms. The number of benzene rings is 1. The highest BCUT2D eigenvalue weighted by Gasteiger charge is 2.23. The van der Waals surface area contributed by atoms with Crippen LogP contribution in [-0.4, -0.2) is 22.1 Å². The molecular formula is C17H11Cl2F2N3O3. The quantitative estimate of drug-likeness (QED) is 0.401. The number of carbonyl (C=O) groups is 1. The standard InChI is InChI=1S/C17H11Cl2F2N3O3/c1-2-27-17(26)9-6-24(7-3-11(22)16(19)23-5-7)14-8(15(9)25)4-10(20)13(21)12(14)18/h3-6H,2,22H2,1H3. The van der Waals surface area contributed by atoms with E-state index in [0.29, 0.717) is 6.07 Å². The second-order valence-electron chi connectivity index (χ2n) is 5.42. The largest absolute Gasteiger partial charge is 0.462 e. The van der Waals surface area contributed by atoms with E-state index >= 15 is 0 Å². The van der Waals surface area contributed by atoms with Crippen LogP contribution in [-0.2, 0) is 4.74 Å². The van der Waals surface area contributed by atoms with Gasteiger partial charge in [-0.2, -0.15) is 0 Å². The lowest BCUT2D eigenvalue weighted by Crippen LogP contribution is -2.21. The molecule has 0 aliphatic rings. The lowest BCUT2D eigenvalue weighted by atomic mass is 10.1. The van der Waals surface area contributed by atoms with Crippen molar-refractivity contribution in [1.29, 1.82) is 0 Å². The molecule has 0 aliphatic heterocycles. The first-order chi connectivity index (χ1) is 12.8. The fourth-order valence-electron chi connectivity index (χ4n) is 2.53. The maximum Gasteiger partial charge on any atom is 0.343 e. The van der Waals surface area contributed by atoms with Crippen molar-refractivity contribution in [3.63, 3.8) is 0 Å². The van der Waals surface area contributed by atoms with Crippen LogP contribution in [0.2, 0.25) is 10.2 Å². The molecule has 27 heavy (non-hydrogen) atoms. The summed E-state index contributed by atoms with van der Waals surface area (Å²) in [6.45, 7) is 1.58. The number of carbonyl (C=O) groups excluding carboxylic acids is 1. The second kappa shape index (κ2) is 7.13. The summed E-state index contributed by atoms with van der Waals surface area (Å²) in [5, 5.41) is -0.915. The van der Waals surface area contributed by atoms with Gasteiger partial charge in [-0.1, -0.05) is 23.2 Å². The first-order valence-corrected chi connectivity index (χ1v) is 8.33. The van der Waals surface area contributed by atoms with Crippen LogP contribution < -0.4 is 11.2 Å². The molecule has 0 spiro atoms. The summed E-state index contributed by atoms with van der Waals surface area (Å²) in [4.78, 5) is 28.7. The van der Waals surface area contributed by atoms with Crippen molar-refractivity contribution in [3.8, 4) is 5.69 Å². The molecule has 0 atom stereocenters. The topological polar surface area (TPSA) is 87.2 Å². The van der Waals surface area contributed by atoms with E-state index in [0.717, 1.165) is 6.20 Å². The Bertz CT molecular complexity index is 1150. The molecule has 2 N–H and O–H groups in total. The first-order valence-electron chi connectivity index (χ1n) is 7.57. The van der Waals surface area contributed by atoms with Crippen LogP contribution in [0, 0.1) is 11.6 Å². The summed E-state index contributed by atoms with van der Waals surface area (Å²) in [5.41, 5.74) is 4.66. The SMILES string of the molecule is CCOC(=O)c1cn(-c2cnc(Cl)c(N)c2)c2c(Cl)c(F)c(F)cc2c1=O. The Hall–Kier alpha value is -2.71. The number of nitrogens with two attached hydrogens (primary N) is 1. The predicted molar refractivity (Wildman–Crippen MR) is 97.6 cm³/mol. The maximum atomic E-state index is 14.0. The number of anilines is 1. The minimum Gasteiger partial charge on any atom is -0.462 e. The highest BCUT2D eigenvalue weighted by molar-refractivity contribution is 6.35. The molecule has 3 rings (SSSR count). The molecule has 3 aromatic rings. The van der Waals surface area contributed by atoms with Gasteiger partial charge >= 0.3 is 5.97 Å². The Morgan fingerprint density at radius 2 is 2.04 bits per heavy atom. The minimum absolute atomic E-state index is 0.0181. The fourth-order valence-corrected chi connectivity index (χ4v) is 2.92. The zero-order valence-corrected chi connectivity index (χ0v) is 15.2. The lowest BCUT2D eigenvalue weighted by Gasteiger charge is -2.15. The molecule has 0 saturated heterocycles. The number of rotatable bonds is 3. The fraction of sp³-hybridized carbons (Fsp3) is 0.118. The summed E-state index contributed by atoms with van der Waals surface area (Å²) in [6, 6.07) is 2.05. The van der Waals surface area contributed by atoms with Crippen molar-refractivity contribution in [1.82, 2.24) is 9.55 Å². The smallest absolute Gasteiger partial charge is 0.343 e. The number of fused-ring (bicyclic) bond motifs is 1. The van der Waals surface area contributed by atoms with E-state index in [2.05, 4.69) is 4.98 Å². The average molecular weight is 414 g/mol. The lowest BCUT2D eigenvalue weighted by molar-refractivity contribution is 0.0524. The van der Waals surface area contributed by atoms with Crippen molar-refractivity contribution in [2.24, 2.45) is 0 Å². The highest BCUT2D eigenvalue weighted by Crippen LogP contribution is 2.30. The van der Waals surface area contributed by atoms with Gasteiger partial charge in [0.15, 0.2) is 16.8 Å². The third kappa shape index (κ3) is 3.22. The van der Waals surface area contributed by atoms with Crippen LogP contribution in [0.1, 0.15) is 17.3 Å². The average Bonchev–Trinajstić information content (AvgIpc) is 2.63. The number of pyridine rings is 2. The number of hydrogen-bond donors (Lipinski definition) is 1. The molecule has 6 nitrogen and oxygen atoms in total. The van der Waals surface area contributed by atoms with E-state index in [9.17, 15) is 18.4 Å². The molecule has 2 aromatic heterocycles. The van der Waals surface area contributed by atoms with Gasteiger partial charge in [0.25, 0.3) is 0 Å². The molecule has 0 unspecified atom stereocenters. The summed E-state index contributed by atoms with van der Waals surface area (Å²) >= 11 is 11.8. The number of hydrogen-bond acceptors (Lipinski definition) is 5. The monoisotopic (exact) mass is 413 g/mol. The van der Waals surface area contributed by atoms with Gasteiger partial charge < -0.3 is 15.0 Å². The molecule has 0 amide bonds. The number of nitrogen functional groups attached to an aromatic ring is 1. The van der Waals surface area contributed by atoms with Crippen molar-refractivity contribution >= 4 is 45.8 Å². The van der Waals surface area contributed by atoms with E-state index in [4.69, 9.17) is 33.7 Å². The van der Waals surface area contributed by atoms with Crippen LogP contribution in [0.15, 0.2) is 29.3 Å². The van der Waals surface area contributed by atoms with E-state index in [1.54, 1.807) is 6.92 Å². The Balaban J connectivity index is 2.48. The Morgan fingerprint density at radius 3 is 2.67 bits per heavy atom. The van der Waals surface area contributed by atoms with Gasteiger partial charge in [-0.15, -0.1) is 0 Å². The number of aromatic nitrogens is 2.